The summed E-state index contributed by atoms with van der Waals surface area (Å²) in [7, 11) is 0. The molecule has 0 spiro atoms. The summed E-state index contributed by atoms with van der Waals surface area (Å²) >= 11 is 0. The van der Waals surface area contributed by atoms with Crippen molar-refractivity contribution in [2.75, 3.05) is 0 Å². The van der Waals surface area contributed by atoms with Crippen LogP contribution in [0.2, 0.25) is 0 Å². The molecule has 0 saturated carbocycles. The number of ether oxygens (including phenoxy) is 1. The van der Waals surface area contributed by atoms with Gasteiger partial charge in [0.2, 0.25) is 0 Å². The molecular formula is C37H22N2O. The highest BCUT2D eigenvalue weighted by Gasteiger charge is 2.23. The molecule has 7 aromatic rings. The molecule has 0 unspecified atom stereocenters. The predicted molar refractivity (Wildman–Crippen MR) is 163 cm³/mol. The van der Waals surface area contributed by atoms with Crippen molar-refractivity contribution in [2.24, 2.45) is 0 Å². The molecule has 3 nitrogen and oxygen atoms in total. The number of hydrogen-bond acceptors (Lipinski definition) is 1. The zero-order valence-corrected chi connectivity index (χ0v) is 21.5. The zero-order valence-electron chi connectivity index (χ0n) is 21.5. The van der Waals surface area contributed by atoms with Gasteiger partial charge >= 0.3 is 0 Å². The number of hydrogen-bond donors (Lipinski definition) is 0. The maximum absolute atomic E-state index is 7.89. The fourth-order valence-corrected chi connectivity index (χ4v) is 5.94. The number of para-hydroxylation sites is 3. The van der Waals surface area contributed by atoms with Gasteiger partial charge in [0, 0.05) is 10.8 Å². The van der Waals surface area contributed by atoms with Gasteiger partial charge < -0.3 is 9.30 Å². The molecule has 3 heteroatoms. The van der Waals surface area contributed by atoms with Crippen molar-refractivity contribution in [3.63, 3.8) is 0 Å². The molecule has 1 aromatic heterocycles. The molecule has 6 aromatic carbocycles. The Hall–Kier alpha value is -5.59. The summed E-state index contributed by atoms with van der Waals surface area (Å²) in [4.78, 5) is 3.89. The van der Waals surface area contributed by atoms with Crippen molar-refractivity contribution < 1.29 is 4.74 Å². The van der Waals surface area contributed by atoms with Crippen LogP contribution in [0, 0.1) is 6.57 Å². The maximum Gasteiger partial charge on any atom is 0.195 e. The van der Waals surface area contributed by atoms with Gasteiger partial charge in [-0.15, -0.1) is 0 Å². The van der Waals surface area contributed by atoms with Crippen molar-refractivity contribution >= 4 is 27.5 Å². The second-order valence-electron chi connectivity index (χ2n) is 10.1. The molecule has 40 heavy (non-hydrogen) atoms. The molecule has 0 amide bonds. The van der Waals surface area contributed by atoms with Crippen molar-refractivity contribution in [1.29, 1.82) is 0 Å². The second kappa shape index (κ2) is 8.73. The van der Waals surface area contributed by atoms with Gasteiger partial charge in [0.05, 0.1) is 23.3 Å². The summed E-state index contributed by atoms with van der Waals surface area (Å²) in [5.41, 5.74) is 10.4. The third-order valence-corrected chi connectivity index (χ3v) is 7.81. The first-order chi connectivity index (χ1) is 19.8. The molecule has 1 aliphatic heterocycles. The third-order valence-electron chi connectivity index (χ3n) is 7.81. The van der Waals surface area contributed by atoms with E-state index in [-0.39, 0.29) is 0 Å². The van der Waals surface area contributed by atoms with Gasteiger partial charge in [-0.2, -0.15) is 0 Å². The third kappa shape index (κ3) is 3.37. The van der Waals surface area contributed by atoms with Gasteiger partial charge in [0.15, 0.2) is 17.2 Å². The van der Waals surface area contributed by atoms with E-state index in [1.807, 2.05) is 42.5 Å². The molecule has 0 atom stereocenters. The highest BCUT2D eigenvalue weighted by atomic mass is 16.5. The highest BCUT2D eigenvalue weighted by Crippen LogP contribution is 2.46. The summed E-state index contributed by atoms with van der Waals surface area (Å²) in [6.45, 7) is 7.89. The number of benzene rings is 6. The standard InChI is InChI=1S/C37H22N2O/c1-38-32-23-27(24-9-3-2-4-10-24)17-19-29(32)28-12-7-11-25(21-28)26-18-20-33-31(22-26)30-13-8-16-36-37(30)39(33)34-14-5-6-15-35(34)40-36/h2-23H. The minimum atomic E-state index is 0.654. The summed E-state index contributed by atoms with van der Waals surface area (Å²) in [6, 6.07) is 46.0. The highest BCUT2D eigenvalue weighted by molar-refractivity contribution is 6.13. The minimum Gasteiger partial charge on any atom is -0.453 e. The predicted octanol–water partition coefficient (Wildman–Crippen LogP) is 10.4. The Bertz CT molecular complexity index is 2150. The van der Waals surface area contributed by atoms with Gasteiger partial charge in [-0.3, -0.25) is 0 Å². The summed E-state index contributed by atoms with van der Waals surface area (Å²) in [5.74, 6) is 1.74. The zero-order chi connectivity index (χ0) is 26.6. The van der Waals surface area contributed by atoms with E-state index in [1.165, 1.54) is 10.8 Å². The lowest BCUT2D eigenvalue weighted by Crippen LogP contribution is -2.03. The molecule has 0 fully saturated rings. The van der Waals surface area contributed by atoms with Crippen LogP contribution >= 0.6 is 0 Å². The molecule has 2 heterocycles. The smallest absolute Gasteiger partial charge is 0.195 e. The van der Waals surface area contributed by atoms with E-state index in [2.05, 4.69) is 100 Å². The molecule has 186 valence electrons. The Morgan fingerprint density at radius 2 is 1.23 bits per heavy atom. The van der Waals surface area contributed by atoms with Crippen molar-refractivity contribution in [3.8, 4) is 50.6 Å². The Labute approximate surface area is 232 Å². The van der Waals surface area contributed by atoms with Crippen LogP contribution in [0.3, 0.4) is 0 Å². The van der Waals surface area contributed by atoms with E-state index in [0.717, 1.165) is 61.6 Å². The number of rotatable bonds is 3. The Kier molecular flexibility index (Phi) is 4.89. The van der Waals surface area contributed by atoms with Crippen LogP contribution in [-0.4, -0.2) is 4.57 Å². The van der Waals surface area contributed by atoms with Crippen LogP contribution in [0.5, 0.6) is 11.5 Å². The van der Waals surface area contributed by atoms with E-state index in [0.29, 0.717) is 5.69 Å². The molecule has 1 aliphatic rings. The quantitative estimate of drug-likeness (QED) is 0.216. The van der Waals surface area contributed by atoms with Gasteiger partial charge in [0.1, 0.15) is 0 Å². The van der Waals surface area contributed by atoms with Gasteiger partial charge in [-0.1, -0.05) is 91.0 Å². The fraction of sp³-hybridized carbons (Fsp3) is 0. The van der Waals surface area contributed by atoms with E-state index in [9.17, 15) is 0 Å². The topological polar surface area (TPSA) is 18.5 Å². The molecule has 0 bridgehead atoms. The normalized spacial score (nSPS) is 11.7. The number of nitrogens with zero attached hydrogens (tertiary/aromatic N) is 2. The SMILES string of the molecule is [C-]#[N+]c1cc(-c2ccccc2)ccc1-c1cccc(-c2ccc3c(c2)c2cccc4c2n3-c2ccccc2O4)c1. The first-order valence-corrected chi connectivity index (χ1v) is 13.3. The van der Waals surface area contributed by atoms with E-state index < -0.39 is 0 Å². The monoisotopic (exact) mass is 510 g/mol. The second-order valence-corrected chi connectivity index (χ2v) is 10.1. The molecule has 8 rings (SSSR count). The Morgan fingerprint density at radius 3 is 2.12 bits per heavy atom. The van der Waals surface area contributed by atoms with Crippen LogP contribution in [0.15, 0.2) is 133 Å². The lowest BCUT2D eigenvalue weighted by atomic mass is 9.95. The first-order valence-electron chi connectivity index (χ1n) is 13.3. The van der Waals surface area contributed by atoms with Crippen molar-refractivity contribution in [1.82, 2.24) is 4.57 Å². The van der Waals surface area contributed by atoms with Crippen LogP contribution in [0.1, 0.15) is 0 Å². The van der Waals surface area contributed by atoms with Crippen LogP contribution in [0.4, 0.5) is 5.69 Å². The average molecular weight is 511 g/mol. The van der Waals surface area contributed by atoms with Crippen LogP contribution in [-0.2, 0) is 0 Å². The average Bonchev–Trinajstić information content (AvgIpc) is 3.36. The molecule has 0 saturated heterocycles. The summed E-state index contributed by atoms with van der Waals surface area (Å²) in [5, 5.41) is 2.36. The van der Waals surface area contributed by atoms with E-state index >= 15 is 0 Å². The van der Waals surface area contributed by atoms with E-state index in [1.54, 1.807) is 0 Å². The number of fused-ring (bicyclic) bond motifs is 5. The summed E-state index contributed by atoms with van der Waals surface area (Å²) < 4.78 is 8.59. The maximum atomic E-state index is 7.89. The fourth-order valence-electron chi connectivity index (χ4n) is 5.94. The van der Waals surface area contributed by atoms with Gasteiger partial charge in [0.25, 0.3) is 0 Å². The lowest BCUT2D eigenvalue weighted by molar-refractivity contribution is 0.476. The van der Waals surface area contributed by atoms with E-state index in [4.69, 9.17) is 11.3 Å². The number of aromatic nitrogens is 1. The Morgan fingerprint density at radius 1 is 0.525 bits per heavy atom. The molecule has 0 aliphatic carbocycles. The lowest BCUT2D eigenvalue weighted by Gasteiger charge is -2.20. The first kappa shape index (κ1) is 22.4. The summed E-state index contributed by atoms with van der Waals surface area (Å²) in [6.07, 6.45) is 0. The largest absolute Gasteiger partial charge is 0.453 e. The minimum absolute atomic E-state index is 0.654. The van der Waals surface area contributed by atoms with Crippen LogP contribution < -0.4 is 4.74 Å². The van der Waals surface area contributed by atoms with Crippen molar-refractivity contribution in [2.45, 2.75) is 0 Å². The molecular weight excluding hydrogens is 488 g/mol. The Balaban J connectivity index is 1.26. The van der Waals surface area contributed by atoms with Crippen molar-refractivity contribution in [3.05, 3.63) is 145 Å². The molecule has 0 N–H and O–H groups in total. The molecule has 0 radical (unpaired) electrons. The van der Waals surface area contributed by atoms with Gasteiger partial charge in [-0.25, -0.2) is 4.85 Å². The van der Waals surface area contributed by atoms with Gasteiger partial charge in [-0.05, 0) is 75.8 Å². The van der Waals surface area contributed by atoms with Crippen LogP contribution in [0.25, 0.3) is 65.7 Å².